The summed E-state index contributed by atoms with van der Waals surface area (Å²) in [6.45, 7) is 1.80. The quantitative estimate of drug-likeness (QED) is 0.771. The number of furan rings is 1. The third kappa shape index (κ3) is 2.16. The van der Waals surface area contributed by atoms with E-state index in [1.165, 1.54) is 6.92 Å². The molecular weight excluding hydrogens is 253 g/mol. The summed E-state index contributed by atoms with van der Waals surface area (Å²) in [7, 11) is 0. The van der Waals surface area contributed by atoms with Crippen molar-refractivity contribution < 1.29 is 31.9 Å². The molecule has 0 saturated heterocycles. The predicted molar refractivity (Wildman–Crippen MR) is 53.5 cm³/mol. The van der Waals surface area contributed by atoms with Gasteiger partial charge in [-0.1, -0.05) is 0 Å². The second-order valence-electron chi connectivity index (χ2n) is 3.74. The van der Waals surface area contributed by atoms with E-state index in [0.717, 1.165) is 0 Å². The molecule has 0 spiro atoms. The Kier molecular flexibility index (Phi) is 3.23. The first-order valence-corrected chi connectivity index (χ1v) is 5.48. The van der Waals surface area contributed by atoms with E-state index in [0.29, 0.717) is 12.8 Å². The lowest BCUT2D eigenvalue weighted by Gasteiger charge is -2.11. The Bertz CT molecular complexity index is 462. The molecule has 18 heavy (non-hydrogen) atoms. The fraction of sp³-hybridized carbons (Fsp3) is 0.545. The van der Waals surface area contributed by atoms with Crippen molar-refractivity contribution in [3.63, 3.8) is 0 Å². The van der Waals surface area contributed by atoms with E-state index in [4.69, 9.17) is 4.74 Å². The van der Waals surface area contributed by atoms with Crippen molar-refractivity contribution in [1.82, 2.24) is 0 Å². The van der Waals surface area contributed by atoms with Gasteiger partial charge in [-0.05, 0) is 19.8 Å². The molecule has 0 fully saturated rings. The van der Waals surface area contributed by atoms with Crippen LogP contribution in [0, 0.1) is 0 Å². The maximum atomic E-state index is 12.8. The van der Waals surface area contributed by atoms with Gasteiger partial charge >= 0.3 is 12.1 Å². The molecule has 1 aliphatic heterocycles. The monoisotopic (exact) mass is 264 g/mol. The molecule has 0 atom stereocenters. The average molecular weight is 264 g/mol. The Morgan fingerprint density at radius 2 is 2.17 bits per heavy atom. The van der Waals surface area contributed by atoms with Crippen LogP contribution in [0.15, 0.2) is 4.42 Å². The number of carbonyl (C=O) groups excluding carboxylic acids is 1. The number of ether oxygens (including phenoxy) is 2. The summed E-state index contributed by atoms with van der Waals surface area (Å²) in [6.07, 6.45) is -3.90. The average Bonchev–Trinajstić information content (AvgIpc) is 2.68. The van der Waals surface area contributed by atoms with Gasteiger partial charge < -0.3 is 13.9 Å². The van der Waals surface area contributed by atoms with Gasteiger partial charge in [-0.3, -0.25) is 0 Å². The fourth-order valence-electron chi connectivity index (χ4n) is 1.82. The Morgan fingerprint density at radius 3 is 2.78 bits per heavy atom. The summed E-state index contributed by atoms with van der Waals surface area (Å²) in [5, 5.41) is 0. The van der Waals surface area contributed by atoms with Crippen LogP contribution < -0.4 is 4.74 Å². The molecule has 2 heterocycles. The predicted octanol–water partition coefficient (Wildman–Crippen LogP) is 2.80. The Hall–Kier alpha value is -1.66. The zero-order chi connectivity index (χ0) is 13.3. The molecule has 0 saturated carbocycles. The largest absolute Gasteiger partial charge is 0.465 e. The molecule has 1 aromatic heterocycles. The van der Waals surface area contributed by atoms with Crippen LogP contribution in [0.4, 0.5) is 13.2 Å². The number of hydrogen-bond donors (Lipinski definition) is 0. The third-order valence-corrected chi connectivity index (χ3v) is 2.51. The van der Waals surface area contributed by atoms with Crippen LogP contribution in [0.2, 0.25) is 0 Å². The van der Waals surface area contributed by atoms with Gasteiger partial charge in [-0.15, -0.1) is 0 Å². The van der Waals surface area contributed by atoms with Crippen molar-refractivity contribution in [2.75, 3.05) is 13.2 Å². The Morgan fingerprint density at radius 1 is 1.44 bits per heavy atom. The van der Waals surface area contributed by atoms with E-state index in [-0.39, 0.29) is 24.7 Å². The minimum Gasteiger partial charge on any atom is -0.465 e. The second-order valence-corrected chi connectivity index (χ2v) is 3.74. The second kappa shape index (κ2) is 4.55. The number of halogens is 3. The van der Waals surface area contributed by atoms with Crippen molar-refractivity contribution in [1.29, 1.82) is 0 Å². The minimum absolute atomic E-state index is 0.00303. The van der Waals surface area contributed by atoms with E-state index in [9.17, 15) is 18.0 Å². The molecule has 1 aromatic rings. The van der Waals surface area contributed by atoms with Crippen molar-refractivity contribution in [2.45, 2.75) is 25.9 Å². The Balaban J connectivity index is 2.52. The maximum absolute atomic E-state index is 12.8. The van der Waals surface area contributed by atoms with E-state index >= 15 is 0 Å². The molecule has 0 amide bonds. The number of carbonyl (C=O) groups is 1. The zero-order valence-electron chi connectivity index (χ0n) is 9.60. The first kappa shape index (κ1) is 12.8. The molecule has 0 N–H and O–H groups in total. The topological polar surface area (TPSA) is 48.7 Å². The first-order chi connectivity index (χ1) is 8.45. The van der Waals surface area contributed by atoms with Crippen LogP contribution in [0.5, 0.6) is 5.95 Å². The van der Waals surface area contributed by atoms with Crippen LogP contribution in [-0.4, -0.2) is 19.2 Å². The first-order valence-electron chi connectivity index (χ1n) is 5.48. The summed E-state index contributed by atoms with van der Waals surface area (Å²) in [5.41, 5.74) is -0.411. The molecule has 4 nitrogen and oxygen atoms in total. The lowest BCUT2D eigenvalue weighted by atomic mass is 10.0. The summed E-state index contributed by atoms with van der Waals surface area (Å²) in [5.74, 6) is -2.59. The third-order valence-electron chi connectivity index (χ3n) is 2.51. The van der Waals surface area contributed by atoms with Gasteiger partial charge in [-0.2, -0.15) is 13.2 Å². The highest BCUT2D eigenvalue weighted by atomic mass is 19.4. The van der Waals surface area contributed by atoms with Crippen LogP contribution >= 0.6 is 0 Å². The standard InChI is InChI=1S/C11H11F3O4/c1-2-16-9(15)7-6-4-3-5-17-10(6)18-8(7)11(12,13)14/h2-5H2,1H3. The van der Waals surface area contributed by atoms with Crippen LogP contribution in [-0.2, 0) is 17.3 Å². The van der Waals surface area contributed by atoms with E-state index in [1.807, 2.05) is 0 Å². The highest BCUT2D eigenvalue weighted by Gasteiger charge is 2.44. The van der Waals surface area contributed by atoms with E-state index < -0.39 is 23.5 Å². The minimum atomic E-state index is -4.75. The molecule has 0 bridgehead atoms. The van der Waals surface area contributed by atoms with Crippen molar-refractivity contribution in [3.05, 3.63) is 16.9 Å². The number of rotatable bonds is 2. The highest BCUT2D eigenvalue weighted by Crippen LogP contribution is 2.42. The molecular formula is C11H11F3O4. The van der Waals surface area contributed by atoms with Gasteiger partial charge in [0.1, 0.15) is 5.56 Å². The molecule has 0 aliphatic carbocycles. The van der Waals surface area contributed by atoms with E-state index in [1.54, 1.807) is 0 Å². The van der Waals surface area contributed by atoms with Crippen LogP contribution in [0.1, 0.15) is 35.0 Å². The van der Waals surface area contributed by atoms with Crippen molar-refractivity contribution in [2.24, 2.45) is 0 Å². The molecule has 7 heteroatoms. The highest BCUT2D eigenvalue weighted by molar-refractivity contribution is 5.93. The van der Waals surface area contributed by atoms with Gasteiger partial charge in [0.25, 0.3) is 5.95 Å². The molecule has 0 unspecified atom stereocenters. The summed E-state index contributed by atoms with van der Waals surface area (Å²) < 4.78 is 52.6. The van der Waals surface area contributed by atoms with E-state index in [2.05, 4.69) is 9.15 Å². The number of hydrogen-bond acceptors (Lipinski definition) is 4. The van der Waals surface area contributed by atoms with Gasteiger partial charge in [0, 0.05) is 0 Å². The summed E-state index contributed by atoms with van der Waals surface area (Å²) >= 11 is 0. The SMILES string of the molecule is CCOC(=O)c1c(C(F)(F)F)oc2c1CCCO2. The molecule has 0 aromatic carbocycles. The van der Waals surface area contributed by atoms with Gasteiger partial charge in [0.15, 0.2) is 0 Å². The normalized spacial score (nSPS) is 14.9. The van der Waals surface area contributed by atoms with Crippen LogP contribution in [0.25, 0.3) is 0 Å². The number of esters is 1. The molecule has 2 rings (SSSR count). The van der Waals surface area contributed by atoms with Crippen molar-refractivity contribution >= 4 is 5.97 Å². The lowest BCUT2D eigenvalue weighted by Crippen LogP contribution is -2.15. The van der Waals surface area contributed by atoms with Crippen molar-refractivity contribution in [3.8, 4) is 5.95 Å². The van der Waals surface area contributed by atoms with Gasteiger partial charge in [-0.25, -0.2) is 4.79 Å². The van der Waals surface area contributed by atoms with Gasteiger partial charge in [0.2, 0.25) is 5.76 Å². The molecule has 1 aliphatic rings. The van der Waals surface area contributed by atoms with Crippen LogP contribution in [0.3, 0.4) is 0 Å². The maximum Gasteiger partial charge on any atom is 0.450 e. The summed E-state index contributed by atoms with van der Waals surface area (Å²) in [6, 6.07) is 0. The molecule has 0 radical (unpaired) electrons. The number of fused-ring (bicyclic) bond motifs is 1. The Labute approximate surface area is 101 Å². The fourth-order valence-corrected chi connectivity index (χ4v) is 1.82. The lowest BCUT2D eigenvalue weighted by molar-refractivity contribution is -0.154. The smallest absolute Gasteiger partial charge is 0.450 e. The molecule has 100 valence electrons. The zero-order valence-corrected chi connectivity index (χ0v) is 9.60. The van der Waals surface area contributed by atoms with Gasteiger partial charge in [0.05, 0.1) is 18.8 Å². The number of alkyl halides is 3. The summed E-state index contributed by atoms with van der Waals surface area (Å²) in [4.78, 5) is 11.6.